The monoisotopic (exact) mass is 247 g/mol. The first-order valence-corrected chi connectivity index (χ1v) is 6.59. The normalized spacial score (nSPS) is 23.7. The molecule has 2 atom stereocenters. The predicted octanol–water partition coefficient (Wildman–Crippen LogP) is 1.56. The minimum absolute atomic E-state index is 0.00698. The SMILES string of the molecule is CN(Cc1ccccn1)C(=O)C1CCCCC1N. The Morgan fingerprint density at radius 3 is 2.89 bits per heavy atom. The average molecular weight is 247 g/mol. The van der Waals surface area contributed by atoms with E-state index in [1.807, 2.05) is 25.2 Å². The van der Waals surface area contributed by atoms with Crippen molar-refractivity contribution in [3.05, 3.63) is 30.1 Å². The molecule has 0 bridgehead atoms. The van der Waals surface area contributed by atoms with E-state index in [0.29, 0.717) is 6.54 Å². The summed E-state index contributed by atoms with van der Waals surface area (Å²) in [6.45, 7) is 0.558. The second-order valence-electron chi connectivity index (χ2n) is 5.07. The number of nitrogens with zero attached hydrogens (tertiary/aromatic N) is 2. The Hall–Kier alpha value is -1.42. The van der Waals surface area contributed by atoms with Crippen molar-refractivity contribution in [3.63, 3.8) is 0 Å². The lowest BCUT2D eigenvalue weighted by Crippen LogP contribution is -2.44. The second-order valence-corrected chi connectivity index (χ2v) is 5.07. The van der Waals surface area contributed by atoms with Gasteiger partial charge in [-0.2, -0.15) is 0 Å². The molecule has 2 rings (SSSR count). The molecule has 1 aromatic rings. The zero-order chi connectivity index (χ0) is 13.0. The molecule has 0 aromatic carbocycles. The molecule has 0 radical (unpaired) electrons. The van der Waals surface area contributed by atoms with Gasteiger partial charge in [-0.1, -0.05) is 18.9 Å². The summed E-state index contributed by atoms with van der Waals surface area (Å²) in [5, 5.41) is 0. The highest BCUT2D eigenvalue weighted by molar-refractivity contribution is 5.79. The van der Waals surface area contributed by atoms with E-state index in [2.05, 4.69) is 4.98 Å². The molecule has 1 fully saturated rings. The number of aromatic nitrogens is 1. The van der Waals surface area contributed by atoms with Gasteiger partial charge < -0.3 is 10.6 Å². The van der Waals surface area contributed by atoms with Crippen LogP contribution in [0.3, 0.4) is 0 Å². The molecule has 0 spiro atoms. The van der Waals surface area contributed by atoms with Crippen molar-refractivity contribution in [3.8, 4) is 0 Å². The number of rotatable bonds is 3. The fourth-order valence-electron chi connectivity index (χ4n) is 2.56. The summed E-state index contributed by atoms with van der Waals surface area (Å²) in [5.41, 5.74) is 6.96. The van der Waals surface area contributed by atoms with Gasteiger partial charge in [0.25, 0.3) is 0 Å². The van der Waals surface area contributed by atoms with Crippen molar-refractivity contribution in [1.29, 1.82) is 0 Å². The van der Waals surface area contributed by atoms with E-state index in [4.69, 9.17) is 5.73 Å². The molecule has 1 heterocycles. The summed E-state index contributed by atoms with van der Waals surface area (Å²) in [6.07, 6.45) is 5.90. The number of nitrogens with two attached hydrogens (primary N) is 1. The van der Waals surface area contributed by atoms with Crippen LogP contribution in [0.4, 0.5) is 0 Å². The van der Waals surface area contributed by atoms with Crippen LogP contribution in [0.1, 0.15) is 31.4 Å². The van der Waals surface area contributed by atoms with Gasteiger partial charge in [0.2, 0.25) is 5.91 Å². The third-order valence-corrected chi connectivity index (χ3v) is 3.64. The van der Waals surface area contributed by atoms with Crippen LogP contribution >= 0.6 is 0 Å². The summed E-state index contributed by atoms with van der Waals surface area (Å²) in [6, 6.07) is 5.78. The van der Waals surface area contributed by atoms with Gasteiger partial charge in [0.05, 0.1) is 18.2 Å². The van der Waals surface area contributed by atoms with Crippen LogP contribution in [0.2, 0.25) is 0 Å². The first-order valence-electron chi connectivity index (χ1n) is 6.59. The van der Waals surface area contributed by atoms with Crippen molar-refractivity contribution < 1.29 is 4.79 Å². The number of hydrogen-bond acceptors (Lipinski definition) is 3. The molecule has 4 nitrogen and oxygen atoms in total. The zero-order valence-electron chi connectivity index (χ0n) is 10.9. The van der Waals surface area contributed by atoms with E-state index in [1.54, 1.807) is 11.1 Å². The van der Waals surface area contributed by atoms with E-state index in [1.165, 1.54) is 0 Å². The quantitative estimate of drug-likeness (QED) is 0.881. The summed E-state index contributed by atoms with van der Waals surface area (Å²) in [4.78, 5) is 18.3. The highest BCUT2D eigenvalue weighted by Crippen LogP contribution is 2.24. The molecule has 1 aliphatic rings. The highest BCUT2D eigenvalue weighted by atomic mass is 16.2. The van der Waals surface area contributed by atoms with Gasteiger partial charge in [-0.3, -0.25) is 9.78 Å². The van der Waals surface area contributed by atoms with Crippen LogP contribution in [0.5, 0.6) is 0 Å². The third kappa shape index (κ3) is 3.07. The average Bonchev–Trinajstić information content (AvgIpc) is 2.39. The summed E-state index contributed by atoms with van der Waals surface area (Å²) in [5.74, 6) is 0.153. The van der Waals surface area contributed by atoms with Crippen LogP contribution in [0.15, 0.2) is 24.4 Å². The summed E-state index contributed by atoms with van der Waals surface area (Å²) < 4.78 is 0. The van der Waals surface area contributed by atoms with E-state index >= 15 is 0 Å². The number of carbonyl (C=O) groups excluding carboxylic acids is 1. The van der Waals surface area contributed by atoms with Crippen molar-refractivity contribution in [2.45, 2.75) is 38.3 Å². The van der Waals surface area contributed by atoms with Crippen molar-refractivity contribution in [2.24, 2.45) is 11.7 Å². The highest BCUT2D eigenvalue weighted by Gasteiger charge is 2.30. The summed E-state index contributed by atoms with van der Waals surface area (Å²) >= 11 is 0. The number of amides is 1. The van der Waals surface area contributed by atoms with Crippen LogP contribution in [-0.4, -0.2) is 28.9 Å². The fourth-order valence-corrected chi connectivity index (χ4v) is 2.56. The molecule has 1 aromatic heterocycles. The largest absolute Gasteiger partial charge is 0.340 e. The topological polar surface area (TPSA) is 59.2 Å². The lowest BCUT2D eigenvalue weighted by atomic mass is 9.84. The Bertz CT molecular complexity index is 393. The Morgan fingerprint density at radius 1 is 1.44 bits per heavy atom. The van der Waals surface area contributed by atoms with Crippen LogP contribution in [-0.2, 0) is 11.3 Å². The molecule has 0 saturated heterocycles. The Kier molecular flexibility index (Phi) is 4.31. The Morgan fingerprint density at radius 2 is 2.22 bits per heavy atom. The standard InChI is InChI=1S/C14H21N3O/c1-17(10-11-6-4-5-9-16-11)14(18)12-7-2-3-8-13(12)15/h4-6,9,12-13H,2-3,7-8,10,15H2,1H3. The third-order valence-electron chi connectivity index (χ3n) is 3.64. The molecular formula is C14H21N3O. The zero-order valence-corrected chi connectivity index (χ0v) is 10.9. The van der Waals surface area contributed by atoms with Gasteiger partial charge in [0.1, 0.15) is 0 Å². The van der Waals surface area contributed by atoms with Gasteiger partial charge >= 0.3 is 0 Å². The maximum absolute atomic E-state index is 12.3. The first kappa shape index (κ1) is 13.0. The van der Waals surface area contributed by atoms with E-state index in [0.717, 1.165) is 31.4 Å². The molecular weight excluding hydrogens is 226 g/mol. The van der Waals surface area contributed by atoms with E-state index in [9.17, 15) is 4.79 Å². The van der Waals surface area contributed by atoms with Crippen molar-refractivity contribution in [2.75, 3.05) is 7.05 Å². The fraction of sp³-hybridized carbons (Fsp3) is 0.571. The molecule has 4 heteroatoms. The molecule has 98 valence electrons. The van der Waals surface area contributed by atoms with Crippen LogP contribution in [0.25, 0.3) is 0 Å². The van der Waals surface area contributed by atoms with Gasteiger partial charge in [-0.05, 0) is 25.0 Å². The first-order chi connectivity index (χ1) is 8.68. The molecule has 0 aliphatic heterocycles. The summed E-state index contributed by atoms with van der Waals surface area (Å²) in [7, 11) is 1.83. The minimum Gasteiger partial charge on any atom is -0.340 e. The van der Waals surface area contributed by atoms with E-state index < -0.39 is 0 Å². The number of pyridine rings is 1. The van der Waals surface area contributed by atoms with Gasteiger partial charge in [0.15, 0.2) is 0 Å². The number of carbonyl (C=O) groups is 1. The lowest BCUT2D eigenvalue weighted by Gasteiger charge is -2.31. The smallest absolute Gasteiger partial charge is 0.227 e. The molecule has 2 N–H and O–H groups in total. The van der Waals surface area contributed by atoms with E-state index in [-0.39, 0.29) is 17.9 Å². The van der Waals surface area contributed by atoms with Crippen LogP contribution < -0.4 is 5.73 Å². The number of hydrogen-bond donors (Lipinski definition) is 1. The minimum atomic E-state index is -0.00698. The lowest BCUT2D eigenvalue weighted by molar-refractivity contribution is -0.136. The Labute approximate surface area is 108 Å². The maximum Gasteiger partial charge on any atom is 0.227 e. The van der Waals surface area contributed by atoms with Crippen LogP contribution in [0, 0.1) is 5.92 Å². The van der Waals surface area contributed by atoms with Gasteiger partial charge in [0, 0.05) is 19.3 Å². The molecule has 1 amide bonds. The predicted molar refractivity (Wildman–Crippen MR) is 70.6 cm³/mol. The molecule has 1 aliphatic carbocycles. The van der Waals surface area contributed by atoms with Crippen molar-refractivity contribution in [1.82, 2.24) is 9.88 Å². The Balaban J connectivity index is 1.96. The maximum atomic E-state index is 12.3. The van der Waals surface area contributed by atoms with Crippen molar-refractivity contribution >= 4 is 5.91 Å². The molecule has 18 heavy (non-hydrogen) atoms. The van der Waals surface area contributed by atoms with Gasteiger partial charge in [-0.25, -0.2) is 0 Å². The second kappa shape index (κ2) is 5.96. The molecule has 2 unspecified atom stereocenters. The molecule has 1 saturated carbocycles. The van der Waals surface area contributed by atoms with Gasteiger partial charge in [-0.15, -0.1) is 0 Å².